The van der Waals surface area contributed by atoms with Gasteiger partial charge in [-0.2, -0.15) is 0 Å². The van der Waals surface area contributed by atoms with Crippen LogP contribution in [0, 0.1) is 13.8 Å². The topological polar surface area (TPSA) is 40.5 Å². The van der Waals surface area contributed by atoms with Gasteiger partial charge in [-0.3, -0.25) is 4.79 Å². The van der Waals surface area contributed by atoms with Crippen LogP contribution in [0.3, 0.4) is 0 Å². The molecule has 1 aliphatic rings. The molecule has 3 nitrogen and oxygen atoms in total. The Morgan fingerprint density at radius 3 is 2.50 bits per heavy atom. The van der Waals surface area contributed by atoms with E-state index >= 15 is 0 Å². The quantitative estimate of drug-likeness (QED) is 0.777. The number of aryl methyl sites for hydroxylation is 2. The fourth-order valence-electron chi connectivity index (χ4n) is 2.24. The number of hydrogen-bond acceptors (Lipinski definition) is 2. The summed E-state index contributed by atoms with van der Waals surface area (Å²) in [6.07, 6.45) is 0.338. The zero-order valence-corrected chi connectivity index (χ0v) is 9.73. The molecule has 0 unspecified atom stereocenters. The molecule has 1 saturated heterocycles. The number of benzene rings is 1. The number of nitrogens with zero attached hydrogens (tertiary/aromatic N) is 1. The molecule has 1 heterocycles. The van der Waals surface area contributed by atoms with E-state index in [4.69, 9.17) is 0 Å². The van der Waals surface area contributed by atoms with E-state index in [-0.39, 0.29) is 12.0 Å². The lowest BCUT2D eigenvalue weighted by Gasteiger charge is -2.18. The van der Waals surface area contributed by atoms with Gasteiger partial charge in [0.05, 0.1) is 6.10 Å². The number of aliphatic hydroxyl groups excluding tert-OH is 1. The van der Waals surface area contributed by atoms with Gasteiger partial charge in [0.1, 0.15) is 0 Å². The molecular weight excluding hydrogens is 202 g/mol. The molecule has 0 bridgehead atoms. The second-order valence-corrected chi connectivity index (χ2v) is 4.46. The van der Waals surface area contributed by atoms with Gasteiger partial charge in [-0.1, -0.05) is 18.2 Å². The van der Waals surface area contributed by atoms with Crippen LogP contribution in [0.15, 0.2) is 18.2 Å². The molecule has 1 N–H and O–H groups in total. The third kappa shape index (κ3) is 1.95. The van der Waals surface area contributed by atoms with Crippen molar-refractivity contribution < 1.29 is 9.90 Å². The van der Waals surface area contributed by atoms with Crippen molar-refractivity contribution in [3.05, 3.63) is 34.9 Å². The second kappa shape index (κ2) is 4.26. The molecule has 1 aliphatic heterocycles. The molecule has 16 heavy (non-hydrogen) atoms. The van der Waals surface area contributed by atoms with Gasteiger partial charge in [-0.25, -0.2) is 0 Å². The third-order valence-electron chi connectivity index (χ3n) is 3.15. The zero-order valence-electron chi connectivity index (χ0n) is 9.73. The van der Waals surface area contributed by atoms with Crippen molar-refractivity contribution in [2.45, 2.75) is 26.4 Å². The summed E-state index contributed by atoms with van der Waals surface area (Å²) in [4.78, 5) is 14.0. The molecular formula is C13H17NO2. The van der Waals surface area contributed by atoms with Gasteiger partial charge in [-0.15, -0.1) is 0 Å². The molecule has 1 aromatic carbocycles. The Morgan fingerprint density at radius 2 is 2.00 bits per heavy atom. The average Bonchev–Trinajstić information content (AvgIpc) is 2.64. The largest absolute Gasteiger partial charge is 0.391 e. The standard InChI is InChI=1S/C13H17NO2/c1-9-4-3-5-10(2)12(9)13(16)14-7-6-11(15)8-14/h3-5,11,15H,6-8H2,1-2H3/t11-/m0/s1. The van der Waals surface area contributed by atoms with Crippen LogP contribution in [0.2, 0.25) is 0 Å². The minimum absolute atomic E-state index is 0.0483. The summed E-state index contributed by atoms with van der Waals surface area (Å²) in [5, 5.41) is 9.44. The molecule has 1 aromatic rings. The zero-order chi connectivity index (χ0) is 11.7. The number of carbonyl (C=O) groups excluding carboxylic acids is 1. The lowest BCUT2D eigenvalue weighted by Crippen LogP contribution is -2.30. The van der Waals surface area contributed by atoms with Crippen LogP contribution in [0.5, 0.6) is 0 Å². The Balaban J connectivity index is 2.27. The van der Waals surface area contributed by atoms with Gasteiger partial charge in [0.25, 0.3) is 5.91 Å². The van der Waals surface area contributed by atoms with E-state index in [0.29, 0.717) is 19.5 Å². The fraction of sp³-hybridized carbons (Fsp3) is 0.462. The van der Waals surface area contributed by atoms with Crippen molar-refractivity contribution in [1.82, 2.24) is 4.90 Å². The summed E-state index contributed by atoms with van der Waals surface area (Å²) >= 11 is 0. The van der Waals surface area contributed by atoms with Crippen LogP contribution in [-0.4, -0.2) is 35.1 Å². The molecule has 1 fully saturated rings. The average molecular weight is 219 g/mol. The van der Waals surface area contributed by atoms with Crippen LogP contribution < -0.4 is 0 Å². The summed E-state index contributed by atoms with van der Waals surface area (Å²) in [7, 11) is 0. The Bertz CT molecular complexity index is 394. The first-order valence-corrected chi connectivity index (χ1v) is 5.63. The Labute approximate surface area is 95.7 Å². The monoisotopic (exact) mass is 219 g/mol. The van der Waals surface area contributed by atoms with Gasteiger partial charge >= 0.3 is 0 Å². The highest BCUT2D eigenvalue weighted by molar-refractivity contribution is 5.97. The highest BCUT2D eigenvalue weighted by Crippen LogP contribution is 2.19. The maximum atomic E-state index is 12.2. The van der Waals surface area contributed by atoms with E-state index in [1.54, 1.807) is 4.90 Å². The van der Waals surface area contributed by atoms with Gasteiger partial charge in [-0.05, 0) is 31.4 Å². The van der Waals surface area contributed by atoms with E-state index in [1.165, 1.54) is 0 Å². The van der Waals surface area contributed by atoms with E-state index in [2.05, 4.69) is 0 Å². The highest BCUT2D eigenvalue weighted by Gasteiger charge is 2.26. The van der Waals surface area contributed by atoms with Crippen LogP contribution in [-0.2, 0) is 0 Å². The number of hydrogen-bond donors (Lipinski definition) is 1. The van der Waals surface area contributed by atoms with Crippen LogP contribution in [0.1, 0.15) is 27.9 Å². The second-order valence-electron chi connectivity index (χ2n) is 4.46. The van der Waals surface area contributed by atoms with Crippen LogP contribution in [0.25, 0.3) is 0 Å². The van der Waals surface area contributed by atoms with Crippen molar-refractivity contribution in [3.8, 4) is 0 Å². The van der Waals surface area contributed by atoms with Gasteiger partial charge in [0.2, 0.25) is 0 Å². The van der Waals surface area contributed by atoms with Crippen LogP contribution in [0.4, 0.5) is 0 Å². The third-order valence-corrected chi connectivity index (χ3v) is 3.15. The molecule has 0 saturated carbocycles. The summed E-state index contributed by atoms with van der Waals surface area (Å²) in [5.41, 5.74) is 2.80. The maximum absolute atomic E-state index is 12.2. The number of rotatable bonds is 1. The lowest BCUT2D eigenvalue weighted by molar-refractivity contribution is 0.0763. The van der Waals surface area contributed by atoms with Crippen molar-refractivity contribution in [2.24, 2.45) is 0 Å². The minimum atomic E-state index is -0.353. The van der Waals surface area contributed by atoms with Gasteiger partial charge < -0.3 is 10.0 Å². The predicted octanol–water partition coefficient (Wildman–Crippen LogP) is 1.51. The summed E-state index contributed by atoms with van der Waals surface area (Å²) in [6, 6.07) is 5.86. The fourth-order valence-corrected chi connectivity index (χ4v) is 2.24. The SMILES string of the molecule is Cc1cccc(C)c1C(=O)N1CC[C@H](O)C1. The summed E-state index contributed by atoms with van der Waals surface area (Å²) < 4.78 is 0. The van der Waals surface area contributed by atoms with Gasteiger partial charge in [0.15, 0.2) is 0 Å². The minimum Gasteiger partial charge on any atom is -0.391 e. The number of carbonyl (C=O) groups is 1. The molecule has 1 amide bonds. The molecule has 0 radical (unpaired) electrons. The molecule has 0 aliphatic carbocycles. The number of amides is 1. The molecule has 86 valence electrons. The van der Waals surface area contributed by atoms with E-state index in [1.807, 2.05) is 32.0 Å². The number of likely N-dealkylation sites (tertiary alicyclic amines) is 1. The first-order valence-electron chi connectivity index (χ1n) is 5.63. The summed E-state index contributed by atoms with van der Waals surface area (Å²) in [5.74, 6) is 0.0483. The molecule has 1 atom stereocenters. The first kappa shape index (κ1) is 11.1. The number of β-amino-alcohol motifs (C(OH)–C–C–N with tert-alkyl or cyclic N) is 1. The summed E-state index contributed by atoms with van der Waals surface area (Å²) in [6.45, 7) is 5.03. The normalized spacial score (nSPS) is 20.2. The van der Waals surface area contributed by atoms with E-state index in [0.717, 1.165) is 16.7 Å². The van der Waals surface area contributed by atoms with Crippen molar-refractivity contribution in [2.75, 3.05) is 13.1 Å². The Kier molecular flexibility index (Phi) is 2.97. The van der Waals surface area contributed by atoms with Crippen LogP contribution >= 0.6 is 0 Å². The van der Waals surface area contributed by atoms with Crippen molar-refractivity contribution in [1.29, 1.82) is 0 Å². The van der Waals surface area contributed by atoms with Gasteiger partial charge in [0, 0.05) is 18.7 Å². The molecule has 0 aromatic heterocycles. The van der Waals surface area contributed by atoms with Crippen molar-refractivity contribution >= 4 is 5.91 Å². The smallest absolute Gasteiger partial charge is 0.254 e. The lowest BCUT2D eigenvalue weighted by atomic mass is 10.0. The predicted molar refractivity (Wildman–Crippen MR) is 62.4 cm³/mol. The molecule has 3 heteroatoms. The Morgan fingerprint density at radius 1 is 1.38 bits per heavy atom. The molecule has 0 spiro atoms. The van der Waals surface area contributed by atoms with E-state index < -0.39 is 0 Å². The maximum Gasteiger partial charge on any atom is 0.254 e. The Hall–Kier alpha value is -1.35. The molecule has 2 rings (SSSR count). The highest BCUT2D eigenvalue weighted by atomic mass is 16.3. The number of aliphatic hydroxyl groups is 1. The first-order chi connectivity index (χ1) is 7.59. The van der Waals surface area contributed by atoms with E-state index in [9.17, 15) is 9.90 Å². The van der Waals surface area contributed by atoms with Crippen molar-refractivity contribution in [3.63, 3.8) is 0 Å².